The van der Waals surface area contributed by atoms with E-state index >= 15 is 0 Å². The van der Waals surface area contributed by atoms with Gasteiger partial charge in [0, 0.05) is 19.2 Å². The lowest BCUT2D eigenvalue weighted by Crippen LogP contribution is -2.19. The molecule has 0 aliphatic heterocycles. The zero-order chi connectivity index (χ0) is 15.4. The summed E-state index contributed by atoms with van der Waals surface area (Å²) in [7, 11) is 0. The second kappa shape index (κ2) is 7.13. The lowest BCUT2D eigenvalue weighted by molar-refractivity contribution is 0.569. The Balaban J connectivity index is 1.90. The first kappa shape index (κ1) is 16.1. The second-order valence-corrected chi connectivity index (χ2v) is 5.66. The van der Waals surface area contributed by atoms with Gasteiger partial charge in [0.2, 0.25) is 0 Å². The van der Waals surface area contributed by atoms with Gasteiger partial charge >= 0.3 is 0 Å². The number of rotatable bonds is 6. The number of halogens is 3. The smallest absolute Gasteiger partial charge is 0.126 e. The van der Waals surface area contributed by atoms with Gasteiger partial charge in [-0.05, 0) is 60.4 Å². The highest BCUT2D eigenvalue weighted by atomic mass is 79.9. The van der Waals surface area contributed by atoms with Crippen molar-refractivity contribution in [1.82, 2.24) is 15.1 Å². The molecule has 1 heterocycles. The zero-order valence-electron chi connectivity index (χ0n) is 12.1. The fraction of sp³-hybridized carbons (Fsp3) is 0.400. The molecule has 6 heteroatoms. The summed E-state index contributed by atoms with van der Waals surface area (Å²) in [6.45, 7) is 6.10. The van der Waals surface area contributed by atoms with Crippen LogP contribution in [0.4, 0.5) is 8.78 Å². The third kappa shape index (κ3) is 4.11. The molecule has 0 atom stereocenters. The van der Waals surface area contributed by atoms with Crippen LogP contribution in [0.5, 0.6) is 0 Å². The molecule has 0 radical (unpaired) electrons. The minimum Gasteiger partial charge on any atom is -0.311 e. The first-order valence-electron chi connectivity index (χ1n) is 6.88. The Labute approximate surface area is 131 Å². The lowest BCUT2D eigenvalue weighted by atomic mass is 10.1. The fourth-order valence-electron chi connectivity index (χ4n) is 2.23. The number of nitrogens with one attached hydrogen (secondary N) is 1. The molecule has 1 aromatic carbocycles. The van der Waals surface area contributed by atoms with E-state index in [1.165, 1.54) is 12.1 Å². The molecule has 0 spiro atoms. The van der Waals surface area contributed by atoms with Gasteiger partial charge in [-0.1, -0.05) is 0 Å². The summed E-state index contributed by atoms with van der Waals surface area (Å²) in [6.07, 6.45) is 0.575. The van der Waals surface area contributed by atoms with E-state index in [1.54, 1.807) is 0 Å². The number of hydrogen-bond acceptors (Lipinski definition) is 2. The average Bonchev–Trinajstić information content (AvgIpc) is 2.69. The van der Waals surface area contributed by atoms with Gasteiger partial charge in [-0.25, -0.2) is 8.78 Å². The van der Waals surface area contributed by atoms with Crippen LogP contribution in [0, 0.1) is 18.6 Å². The first-order valence-corrected chi connectivity index (χ1v) is 7.68. The van der Waals surface area contributed by atoms with Gasteiger partial charge in [-0.2, -0.15) is 5.10 Å². The molecule has 3 nitrogen and oxygen atoms in total. The van der Waals surface area contributed by atoms with Gasteiger partial charge in [0.1, 0.15) is 11.6 Å². The summed E-state index contributed by atoms with van der Waals surface area (Å²) < 4.78 is 29.1. The molecule has 0 aliphatic rings. The fourth-order valence-corrected chi connectivity index (χ4v) is 2.66. The number of aryl methyl sites for hydroxylation is 2. The highest BCUT2D eigenvalue weighted by molar-refractivity contribution is 9.10. The summed E-state index contributed by atoms with van der Waals surface area (Å²) >= 11 is 3.54. The number of hydrogen-bond donors (Lipinski definition) is 1. The molecule has 0 saturated carbocycles. The Bertz CT molecular complexity index is 605. The summed E-state index contributed by atoms with van der Waals surface area (Å²) in [5.74, 6) is -1.07. The maximum absolute atomic E-state index is 13.1. The lowest BCUT2D eigenvalue weighted by Gasteiger charge is -2.08. The van der Waals surface area contributed by atoms with Crippen molar-refractivity contribution in [3.63, 3.8) is 0 Å². The van der Waals surface area contributed by atoms with Crippen LogP contribution in [0.1, 0.15) is 23.9 Å². The maximum atomic E-state index is 13.1. The largest absolute Gasteiger partial charge is 0.311 e. The monoisotopic (exact) mass is 357 g/mol. The highest BCUT2D eigenvalue weighted by Crippen LogP contribution is 2.20. The van der Waals surface area contributed by atoms with E-state index in [4.69, 9.17) is 0 Å². The number of nitrogens with zero attached hydrogens (tertiary/aromatic N) is 2. The molecule has 0 bridgehead atoms. The Morgan fingerprint density at radius 1 is 1.24 bits per heavy atom. The van der Waals surface area contributed by atoms with Crippen LogP contribution in [0.2, 0.25) is 0 Å². The maximum Gasteiger partial charge on any atom is 0.126 e. The predicted octanol–water partition coefficient (Wildman–Crippen LogP) is 3.58. The molecule has 0 saturated heterocycles. The third-order valence-electron chi connectivity index (χ3n) is 3.26. The van der Waals surface area contributed by atoms with E-state index in [1.807, 2.05) is 18.5 Å². The van der Waals surface area contributed by atoms with Crippen LogP contribution >= 0.6 is 15.9 Å². The van der Waals surface area contributed by atoms with Crippen molar-refractivity contribution in [2.75, 3.05) is 6.54 Å². The summed E-state index contributed by atoms with van der Waals surface area (Å²) in [5, 5.41) is 7.70. The number of aromatic nitrogens is 2. The van der Waals surface area contributed by atoms with E-state index in [2.05, 4.69) is 26.3 Å². The van der Waals surface area contributed by atoms with E-state index < -0.39 is 11.6 Å². The van der Waals surface area contributed by atoms with Crippen molar-refractivity contribution in [2.24, 2.45) is 0 Å². The van der Waals surface area contributed by atoms with Crippen LogP contribution in [0.15, 0.2) is 22.7 Å². The SMILES string of the molecule is CCn1nc(C)c(Br)c1CNCCc1cc(F)cc(F)c1. The van der Waals surface area contributed by atoms with Gasteiger partial charge in [0.05, 0.1) is 15.9 Å². The van der Waals surface area contributed by atoms with Crippen LogP contribution in [-0.2, 0) is 19.5 Å². The topological polar surface area (TPSA) is 29.9 Å². The van der Waals surface area contributed by atoms with Crippen molar-refractivity contribution in [2.45, 2.75) is 33.4 Å². The summed E-state index contributed by atoms with van der Waals surface area (Å²) in [5.41, 5.74) is 2.69. The molecule has 21 heavy (non-hydrogen) atoms. The summed E-state index contributed by atoms with van der Waals surface area (Å²) in [4.78, 5) is 0. The standard InChI is InChI=1S/C15H18BrF2N3/c1-3-21-14(15(16)10(2)20-21)9-19-5-4-11-6-12(17)8-13(18)7-11/h6-8,19H,3-5,9H2,1-2H3. The van der Waals surface area contributed by atoms with Crippen LogP contribution < -0.4 is 5.32 Å². The van der Waals surface area contributed by atoms with Gasteiger partial charge in [-0.15, -0.1) is 0 Å². The molecule has 2 aromatic rings. The molecule has 0 aliphatic carbocycles. The van der Waals surface area contributed by atoms with Gasteiger partial charge in [0.25, 0.3) is 0 Å². The van der Waals surface area contributed by atoms with E-state index in [0.29, 0.717) is 25.1 Å². The molecule has 114 valence electrons. The molecule has 0 unspecified atom stereocenters. The molecule has 0 fully saturated rings. The zero-order valence-corrected chi connectivity index (χ0v) is 13.7. The summed E-state index contributed by atoms with van der Waals surface area (Å²) in [6, 6.07) is 3.61. The Morgan fingerprint density at radius 2 is 1.90 bits per heavy atom. The van der Waals surface area contributed by atoms with Crippen molar-refractivity contribution >= 4 is 15.9 Å². The van der Waals surface area contributed by atoms with Crippen LogP contribution in [0.25, 0.3) is 0 Å². The van der Waals surface area contributed by atoms with Crippen molar-refractivity contribution in [3.8, 4) is 0 Å². The van der Waals surface area contributed by atoms with Crippen LogP contribution in [-0.4, -0.2) is 16.3 Å². The molecule has 1 aromatic heterocycles. The van der Waals surface area contributed by atoms with Gasteiger partial charge in [-0.3, -0.25) is 4.68 Å². The first-order chi connectivity index (χ1) is 10.0. The van der Waals surface area contributed by atoms with Crippen molar-refractivity contribution in [1.29, 1.82) is 0 Å². The normalized spacial score (nSPS) is 11.1. The molecular weight excluding hydrogens is 340 g/mol. The van der Waals surface area contributed by atoms with Crippen LogP contribution in [0.3, 0.4) is 0 Å². The Hall–Kier alpha value is -1.27. The van der Waals surface area contributed by atoms with Crippen molar-refractivity contribution < 1.29 is 8.78 Å². The van der Waals surface area contributed by atoms with Crippen molar-refractivity contribution in [3.05, 3.63) is 51.3 Å². The predicted molar refractivity (Wildman–Crippen MR) is 82.1 cm³/mol. The van der Waals surface area contributed by atoms with E-state index in [9.17, 15) is 8.78 Å². The van der Waals surface area contributed by atoms with Gasteiger partial charge in [0.15, 0.2) is 0 Å². The third-order valence-corrected chi connectivity index (χ3v) is 4.29. The molecule has 0 amide bonds. The second-order valence-electron chi connectivity index (χ2n) is 4.87. The molecular formula is C15H18BrF2N3. The molecule has 2 rings (SSSR count). The number of benzene rings is 1. The average molecular weight is 358 g/mol. The highest BCUT2D eigenvalue weighted by Gasteiger charge is 2.11. The van der Waals surface area contributed by atoms with E-state index in [-0.39, 0.29) is 0 Å². The quantitative estimate of drug-likeness (QED) is 0.800. The van der Waals surface area contributed by atoms with Gasteiger partial charge < -0.3 is 5.32 Å². The minimum atomic E-state index is -0.535. The Kier molecular flexibility index (Phi) is 5.47. The minimum absolute atomic E-state index is 0.535. The molecule has 1 N–H and O–H groups in total. The van der Waals surface area contributed by atoms with E-state index in [0.717, 1.165) is 28.5 Å². The Morgan fingerprint density at radius 3 is 2.52 bits per heavy atom.